The van der Waals surface area contributed by atoms with Crippen LogP contribution in [0.5, 0.6) is 0 Å². The molecule has 3 aromatic rings. The molecule has 1 aromatic heterocycles. The molecule has 1 fully saturated rings. The number of nitrogens with one attached hydrogen (secondary N) is 2. The number of anilines is 1. The molecule has 0 spiro atoms. The van der Waals surface area contributed by atoms with Gasteiger partial charge in [0.2, 0.25) is 5.91 Å². The molecular formula is C26H23N3O5. The highest BCUT2D eigenvalue weighted by molar-refractivity contribution is 5.97. The number of carboxylic acids is 1. The predicted octanol–water partition coefficient (Wildman–Crippen LogP) is 4.04. The van der Waals surface area contributed by atoms with Crippen molar-refractivity contribution in [2.75, 3.05) is 18.5 Å². The minimum atomic E-state index is -1.14. The van der Waals surface area contributed by atoms with E-state index in [0.717, 1.165) is 22.3 Å². The average molecular weight is 457 g/mol. The van der Waals surface area contributed by atoms with Crippen molar-refractivity contribution in [1.29, 1.82) is 0 Å². The molecule has 2 amide bonds. The molecule has 0 unspecified atom stereocenters. The second kappa shape index (κ2) is 8.62. The van der Waals surface area contributed by atoms with Crippen molar-refractivity contribution in [2.24, 2.45) is 5.41 Å². The molecule has 0 radical (unpaired) electrons. The van der Waals surface area contributed by atoms with E-state index in [4.69, 9.17) is 9.84 Å². The Morgan fingerprint density at radius 2 is 1.62 bits per heavy atom. The molecule has 8 nitrogen and oxygen atoms in total. The smallest absolute Gasteiger partial charge is 0.407 e. The highest BCUT2D eigenvalue weighted by atomic mass is 16.5. The van der Waals surface area contributed by atoms with Crippen LogP contribution in [0.25, 0.3) is 11.1 Å². The van der Waals surface area contributed by atoms with Crippen LogP contribution < -0.4 is 10.6 Å². The standard InChI is InChI=1S/C26H23N3O5/c30-23(31)22-10-9-16(13-27-22)29-24(32)26(11-12-26)15-28-25(33)34-14-21-19-7-3-1-5-17(19)18-6-2-4-8-20(18)21/h1-10,13,21H,11-12,14-15H2,(H,28,33)(H,29,32)(H,30,31). The van der Waals surface area contributed by atoms with Crippen molar-refractivity contribution in [3.63, 3.8) is 0 Å². The second-order valence-electron chi connectivity index (χ2n) is 8.65. The van der Waals surface area contributed by atoms with E-state index in [2.05, 4.69) is 39.9 Å². The third-order valence-electron chi connectivity index (χ3n) is 6.49. The van der Waals surface area contributed by atoms with Gasteiger partial charge in [0.05, 0.1) is 17.3 Å². The molecule has 1 saturated carbocycles. The number of fused-ring (bicyclic) bond motifs is 3. The highest BCUT2D eigenvalue weighted by Crippen LogP contribution is 2.46. The predicted molar refractivity (Wildman–Crippen MR) is 125 cm³/mol. The van der Waals surface area contributed by atoms with Crippen LogP contribution in [-0.4, -0.2) is 41.2 Å². The minimum Gasteiger partial charge on any atom is -0.477 e. The zero-order chi connectivity index (χ0) is 23.7. The van der Waals surface area contributed by atoms with Gasteiger partial charge in [-0.05, 0) is 47.2 Å². The fraction of sp³-hybridized carbons (Fsp3) is 0.231. The van der Waals surface area contributed by atoms with Gasteiger partial charge in [-0.3, -0.25) is 4.79 Å². The first kappa shape index (κ1) is 21.6. The van der Waals surface area contributed by atoms with Gasteiger partial charge in [0.1, 0.15) is 12.3 Å². The number of nitrogens with zero attached hydrogens (tertiary/aromatic N) is 1. The van der Waals surface area contributed by atoms with Crippen LogP contribution in [0.1, 0.15) is 40.4 Å². The van der Waals surface area contributed by atoms with Gasteiger partial charge in [0.25, 0.3) is 0 Å². The zero-order valence-electron chi connectivity index (χ0n) is 18.3. The SMILES string of the molecule is O=C(NCC1(C(=O)Nc2ccc(C(=O)O)nc2)CC1)OCC1c2ccccc2-c2ccccc21. The van der Waals surface area contributed by atoms with Crippen LogP contribution in [0.15, 0.2) is 66.9 Å². The van der Waals surface area contributed by atoms with Crippen molar-refractivity contribution < 1.29 is 24.2 Å². The number of amides is 2. The maximum atomic E-state index is 12.7. The largest absolute Gasteiger partial charge is 0.477 e. The Kier molecular flexibility index (Phi) is 5.49. The number of hydrogen-bond acceptors (Lipinski definition) is 5. The Hall–Kier alpha value is -4.20. The molecule has 34 heavy (non-hydrogen) atoms. The molecule has 2 aliphatic rings. The zero-order valence-corrected chi connectivity index (χ0v) is 18.3. The molecule has 1 heterocycles. The fourth-order valence-corrected chi connectivity index (χ4v) is 4.38. The van der Waals surface area contributed by atoms with Gasteiger partial charge >= 0.3 is 12.1 Å². The van der Waals surface area contributed by atoms with Gasteiger partial charge in [-0.1, -0.05) is 48.5 Å². The quantitative estimate of drug-likeness (QED) is 0.493. The summed E-state index contributed by atoms with van der Waals surface area (Å²) in [7, 11) is 0. The molecule has 0 bridgehead atoms. The number of ether oxygens (including phenoxy) is 1. The van der Waals surface area contributed by atoms with Gasteiger partial charge < -0.3 is 20.5 Å². The number of carbonyl (C=O) groups is 3. The molecule has 3 N–H and O–H groups in total. The van der Waals surface area contributed by atoms with Gasteiger partial charge in [-0.2, -0.15) is 0 Å². The van der Waals surface area contributed by atoms with Gasteiger partial charge in [0, 0.05) is 12.5 Å². The third-order valence-corrected chi connectivity index (χ3v) is 6.49. The number of pyridine rings is 1. The Morgan fingerprint density at radius 3 is 2.18 bits per heavy atom. The maximum absolute atomic E-state index is 12.7. The van der Waals surface area contributed by atoms with Crippen molar-refractivity contribution >= 4 is 23.7 Å². The number of carbonyl (C=O) groups excluding carboxylic acids is 2. The van der Waals surface area contributed by atoms with E-state index in [1.165, 1.54) is 18.3 Å². The molecular weight excluding hydrogens is 434 g/mol. The molecule has 0 saturated heterocycles. The lowest BCUT2D eigenvalue weighted by Gasteiger charge is -2.18. The van der Waals surface area contributed by atoms with E-state index < -0.39 is 17.5 Å². The maximum Gasteiger partial charge on any atom is 0.407 e. The first-order chi connectivity index (χ1) is 16.5. The van der Waals surface area contributed by atoms with Crippen LogP contribution >= 0.6 is 0 Å². The average Bonchev–Trinajstić information content (AvgIpc) is 3.59. The Morgan fingerprint density at radius 1 is 0.971 bits per heavy atom. The lowest BCUT2D eigenvalue weighted by Crippen LogP contribution is -2.37. The summed E-state index contributed by atoms with van der Waals surface area (Å²) in [5, 5.41) is 14.4. The molecule has 2 aliphatic carbocycles. The third kappa shape index (κ3) is 4.10. The summed E-state index contributed by atoms with van der Waals surface area (Å²) in [5.41, 5.74) is 4.20. The summed E-state index contributed by atoms with van der Waals surface area (Å²) in [5.74, 6) is -1.40. The minimum absolute atomic E-state index is 0.0300. The van der Waals surface area contributed by atoms with Gasteiger partial charge in [-0.15, -0.1) is 0 Å². The van der Waals surface area contributed by atoms with E-state index in [1.807, 2.05) is 24.3 Å². The number of carboxylic acid groups (broad SMARTS) is 1. The summed E-state index contributed by atoms with van der Waals surface area (Å²) in [6.07, 6.45) is 2.02. The van der Waals surface area contributed by atoms with Crippen LogP contribution in [0.3, 0.4) is 0 Å². The first-order valence-corrected chi connectivity index (χ1v) is 11.1. The second-order valence-corrected chi connectivity index (χ2v) is 8.65. The van der Waals surface area contributed by atoms with Crippen LogP contribution in [-0.2, 0) is 9.53 Å². The first-order valence-electron chi connectivity index (χ1n) is 11.1. The van der Waals surface area contributed by atoms with Crippen molar-refractivity contribution in [2.45, 2.75) is 18.8 Å². The molecule has 8 heteroatoms. The van der Waals surface area contributed by atoms with E-state index in [-0.39, 0.29) is 30.7 Å². The lowest BCUT2D eigenvalue weighted by molar-refractivity contribution is -0.120. The van der Waals surface area contributed by atoms with Crippen LogP contribution in [0, 0.1) is 5.41 Å². The molecule has 172 valence electrons. The monoisotopic (exact) mass is 457 g/mol. The van der Waals surface area contributed by atoms with E-state index in [0.29, 0.717) is 18.5 Å². The van der Waals surface area contributed by atoms with Crippen LogP contribution in [0.2, 0.25) is 0 Å². The normalized spacial score (nSPS) is 15.1. The molecule has 5 rings (SSSR count). The van der Waals surface area contributed by atoms with E-state index >= 15 is 0 Å². The van der Waals surface area contributed by atoms with E-state index in [9.17, 15) is 14.4 Å². The lowest BCUT2D eigenvalue weighted by atomic mass is 9.98. The summed E-state index contributed by atoms with van der Waals surface area (Å²) < 4.78 is 5.55. The van der Waals surface area contributed by atoms with Crippen LogP contribution in [0.4, 0.5) is 10.5 Å². The summed E-state index contributed by atoms with van der Waals surface area (Å²) in [6.45, 7) is 0.372. The highest BCUT2D eigenvalue weighted by Gasteiger charge is 2.50. The van der Waals surface area contributed by atoms with Gasteiger partial charge in [0.15, 0.2) is 0 Å². The number of aromatic nitrogens is 1. The number of alkyl carbamates (subject to hydrolysis) is 1. The van der Waals surface area contributed by atoms with Crippen molar-refractivity contribution in [1.82, 2.24) is 10.3 Å². The number of hydrogen-bond donors (Lipinski definition) is 3. The number of rotatable bonds is 7. The van der Waals surface area contributed by atoms with Crippen molar-refractivity contribution in [3.05, 3.63) is 83.7 Å². The summed E-state index contributed by atoms with van der Waals surface area (Å²) in [4.78, 5) is 39.9. The molecule has 2 aromatic carbocycles. The van der Waals surface area contributed by atoms with Gasteiger partial charge in [-0.25, -0.2) is 14.6 Å². The Balaban J connectivity index is 1.16. The molecule has 0 atom stereocenters. The van der Waals surface area contributed by atoms with Crippen molar-refractivity contribution in [3.8, 4) is 11.1 Å². The van der Waals surface area contributed by atoms with E-state index in [1.54, 1.807) is 0 Å². The molecule has 0 aliphatic heterocycles. The summed E-state index contributed by atoms with van der Waals surface area (Å²) in [6, 6.07) is 19.1. The number of aromatic carboxylic acids is 1. The Labute approximate surface area is 196 Å². The summed E-state index contributed by atoms with van der Waals surface area (Å²) >= 11 is 0. The Bertz CT molecular complexity index is 1220. The fourth-order valence-electron chi connectivity index (χ4n) is 4.38. The number of benzene rings is 2. The topological polar surface area (TPSA) is 118 Å².